The number of aliphatic hydroxyl groups excluding tert-OH is 6. The van der Waals surface area contributed by atoms with E-state index in [-0.39, 0.29) is 28.4 Å². The minimum absolute atomic E-state index is 0.0151. The first-order valence-electron chi connectivity index (χ1n) is 13.4. The Morgan fingerprint density at radius 2 is 1.48 bits per heavy atom. The number of benzene rings is 2. The van der Waals surface area contributed by atoms with Gasteiger partial charge in [0, 0.05) is 17.7 Å². The third kappa shape index (κ3) is 5.74. The number of phenolic OH excluding ortho intramolecular Hbond substituents is 3. The van der Waals surface area contributed by atoms with Gasteiger partial charge in [-0.15, -0.1) is 0 Å². The van der Waals surface area contributed by atoms with E-state index in [1.54, 1.807) is 0 Å². The van der Waals surface area contributed by atoms with Crippen LogP contribution < -0.4 is 14.9 Å². The lowest BCUT2D eigenvalue weighted by molar-refractivity contribution is -0.318. The highest BCUT2D eigenvalue weighted by Gasteiger charge is 2.47. The van der Waals surface area contributed by atoms with E-state index in [2.05, 4.69) is 0 Å². The summed E-state index contributed by atoms with van der Waals surface area (Å²) in [6.07, 6.45) is -16.0. The van der Waals surface area contributed by atoms with Crippen molar-refractivity contribution in [3.63, 3.8) is 0 Å². The molecule has 3 aromatic rings. The smallest absolute Gasteiger partial charge is 0.239 e. The molecule has 16 nitrogen and oxygen atoms in total. The fourth-order valence-corrected chi connectivity index (χ4v) is 4.99. The maximum absolute atomic E-state index is 13.7. The van der Waals surface area contributed by atoms with E-state index in [0.717, 1.165) is 12.1 Å². The molecule has 240 valence electrons. The zero-order valence-corrected chi connectivity index (χ0v) is 23.3. The number of aromatic hydroxyl groups is 3. The van der Waals surface area contributed by atoms with Crippen LogP contribution in [0.4, 0.5) is 0 Å². The Balaban J connectivity index is 1.49. The zero-order chi connectivity index (χ0) is 32.0. The summed E-state index contributed by atoms with van der Waals surface area (Å²) in [4.78, 5) is 13.7. The van der Waals surface area contributed by atoms with Crippen LogP contribution in [-0.4, -0.2) is 121 Å². The van der Waals surface area contributed by atoms with Crippen LogP contribution in [0.1, 0.15) is 6.92 Å². The van der Waals surface area contributed by atoms with Crippen LogP contribution in [0.5, 0.6) is 28.7 Å². The Bertz CT molecular complexity index is 1560. The first-order valence-corrected chi connectivity index (χ1v) is 13.4. The van der Waals surface area contributed by atoms with Crippen molar-refractivity contribution in [3.8, 4) is 40.1 Å². The molecular formula is C28H32O16. The molecule has 0 spiro atoms. The number of hydrogen-bond acceptors (Lipinski definition) is 16. The van der Waals surface area contributed by atoms with Gasteiger partial charge in [0.25, 0.3) is 0 Å². The van der Waals surface area contributed by atoms with Crippen molar-refractivity contribution in [1.29, 1.82) is 0 Å². The van der Waals surface area contributed by atoms with Gasteiger partial charge in [0.2, 0.25) is 17.5 Å². The molecule has 2 aromatic carbocycles. The Hall–Kier alpha value is -3.71. The molecule has 16 heteroatoms. The van der Waals surface area contributed by atoms with Gasteiger partial charge >= 0.3 is 0 Å². The monoisotopic (exact) mass is 624 g/mol. The molecule has 44 heavy (non-hydrogen) atoms. The molecule has 2 saturated heterocycles. The van der Waals surface area contributed by atoms with Crippen molar-refractivity contribution in [2.24, 2.45) is 0 Å². The average molecular weight is 625 g/mol. The van der Waals surface area contributed by atoms with Gasteiger partial charge in [-0.05, 0) is 25.1 Å². The molecule has 10 atom stereocenters. The molecule has 0 radical (unpaired) electrons. The predicted octanol–water partition coefficient (Wildman–Crippen LogP) is -1.38. The second kappa shape index (κ2) is 12.4. The molecule has 0 saturated carbocycles. The van der Waals surface area contributed by atoms with Crippen molar-refractivity contribution in [1.82, 2.24) is 0 Å². The van der Waals surface area contributed by atoms with Gasteiger partial charge in [0.05, 0.1) is 19.8 Å². The van der Waals surface area contributed by atoms with Crippen molar-refractivity contribution < 1.29 is 74.1 Å². The lowest BCUT2D eigenvalue weighted by Gasteiger charge is -2.42. The Labute approximate surface area is 248 Å². The molecule has 0 bridgehead atoms. The van der Waals surface area contributed by atoms with E-state index in [1.165, 1.54) is 32.2 Å². The van der Waals surface area contributed by atoms with Gasteiger partial charge in [-0.2, -0.15) is 0 Å². The number of rotatable bonds is 7. The molecule has 4 unspecified atom stereocenters. The van der Waals surface area contributed by atoms with Gasteiger partial charge in [-0.25, -0.2) is 0 Å². The first-order chi connectivity index (χ1) is 20.8. The largest absolute Gasteiger partial charge is 0.508 e. The summed E-state index contributed by atoms with van der Waals surface area (Å²) >= 11 is 0. The Morgan fingerprint density at radius 1 is 0.795 bits per heavy atom. The maximum atomic E-state index is 13.7. The molecule has 0 aliphatic carbocycles. The minimum atomic E-state index is -1.94. The predicted molar refractivity (Wildman–Crippen MR) is 145 cm³/mol. The van der Waals surface area contributed by atoms with E-state index < -0.39 is 96.1 Å². The van der Waals surface area contributed by atoms with Crippen LogP contribution in [0.25, 0.3) is 22.3 Å². The molecule has 3 heterocycles. The highest BCUT2D eigenvalue weighted by molar-refractivity contribution is 5.88. The summed E-state index contributed by atoms with van der Waals surface area (Å²) in [6.45, 7) is 0.845. The van der Waals surface area contributed by atoms with Crippen LogP contribution in [-0.2, 0) is 14.2 Å². The van der Waals surface area contributed by atoms with Gasteiger partial charge in [-0.1, -0.05) is 0 Å². The number of fused-ring (bicyclic) bond motifs is 1. The average Bonchev–Trinajstić information content (AvgIpc) is 2.98. The van der Waals surface area contributed by atoms with Gasteiger partial charge in [0.15, 0.2) is 23.5 Å². The lowest BCUT2D eigenvalue weighted by atomic mass is 9.98. The minimum Gasteiger partial charge on any atom is -0.508 e. The summed E-state index contributed by atoms with van der Waals surface area (Å²) in [5.74, 6) is -2.28. The number of hydrogen-bond donors (Lipinski definition) is 9. The quantitative estimate of drug-likeness (QED) is 0.147. The third-order valence-electron chi connectivity index (χ3n) is 7.50. The van der Waals surface area contributed by atoms with Crippen molar-refractivity contribution in [3.05, 3.63) is 40.6 Å². The fraction of sp³-hybridized carbons (Fsp3) is 0.464. The van der Waals surface area contributed by atoms with Crippen LogP contribution >= 0.6 is 0 Å². The number of ether oxygens (including phenoxy) is 5. The Kier molecular flexibility index (Phi) is 8.90. The summed E-state index contributed by atoms with van der Waals surface area (Å²) in [7, 11) is 1.28. The molecule has 2 fully saturated rings. The SMILES string of the molecule is COc1cc(-c2oc3cc(O)cc(O)c3c(=O)c2O[C@@H]2OC(CO[C@@H]3OC(C)[C@H](O)C(O)[C@@H]3O)[C@@H](O)[C@H](O)C2O)ccc1O. The number of aliphatic hydroxyl groups is 6. The standard InChI is InChI=1S/C28H32O16/c1-9-18(32)21(35)23(37)27(41-9)40-8-16-19(33)22(36)24(38)28(43-16)44-26-20(34)17-13(31)6-11(29)7-15(17)42-25(26)10-3-4-12(30)14(5-10)39-2/h3-7,9,16,18-19,21-24,27-33,35-38H,8H2,1-2H3/t9?,16?,18-,19+,21?,22-,23-,24?,27+,28-/m0/s1. The topological polar surface area (TPSA) is 258 Å². The Morgan fingerprint density at radius 3 is 2.18 bits per heavy atom. The molecule has 1 aromatic heterocycles. The van der Waals surface area contributed by atoms with E-state index in [4.69, 9.17) is 28.1 Å². The van der Waals surface area contributed by atoms with Crippen LogP contribution in [0.15, 0.2) is 39.5 Å². The summed E-state index contributed by atoms with van der Waals surface area (Å²) in [5, 5.41) is 92.1. The van der Waals surface area contributed by atoms with Crippen molar-refractivity contribution >= 4 is 11.0 Å². The summed E-state index contributed by atoms with van der Waals surface area (Å²) in [6, 6.07) is 5.83. The van der Waals surface area contributed by atoms with E-state index in [1.807, 2.05) is 0 Å². The molecule has 0 amide bonds. The second-order valence-corrected chi connectivity index (χ2v) is 10.5. The zero-order valence-electron chi connectivity index (χ0n) is 23.3. The first kappa shape index (κ1) is 31.7. The van der Waals surface area contributed by atoms with Crippen molar-refractivity contribution in [2.75, 3.05) is 13.7 Å². The van der Waals surface area contributed by atoms with Crippen molar-refractivity contribution in [2.45, 2.75) is 68.3 Å². The highest BCUT2D eigenvalue weighted by atomic mass is 16.7. The molecule has 5 rings (SSSR count). The van der Waals surface area contributed by atoms with Gasteiger partial charge in [0.1, 0.15) is 65.2 Å². The van der Waals surface area contributed by atoms with Crippen LogP contribution in [0.2, 0.25) is 0 Å². The van der Waals surface area contributed by atoms with Gasteiger partial charge in [-0.3, -0.25) is 4.79 Å². The highest BCUT2D eigenvalue weighted by Crippen LogP contribution is 2.39. The third-order valence-corrected chi connectivity index (χ3v) is 7.50. The number of phenols is 3. The van der Waals surface area contributed by atoms with Crippen LogP contribution in [0.3, 0.4) is 0 Å². The fourth-order valence-electron chi connectivity index (χ4n) is 4.99. The molecule has 2 aliphatic rings. The molecular weight excluding hydrogens is 592 g/mol. The summed E-state index contributed by atoms with van der Waals surface area (Å²) in [5.41, 5.74) is -1.11. The lowest BCUT2D eigenvalue weighted by Crippen LogP contribution is -2.61. The molecule has 2 aliphatic heterocycles. The molecule has 9 N–H and O–H groups in total. The summed E-state index contributed by atoms with van der Waals surface area (Å²) < 4.78 is 33.2. The maximum Gasteiger partial charge on any atom is 0.239 e. The second-order valence-electron chi connectivity index (χ2n) is 10.5. The van der Waals surface area contributed by atoms with E-state index in [9.17, 15) is 50.8 Å². The number of methoxy groups -OCH3 is 1. The van der Waals surface area contributed by atoms with Gasteiger partial charge < -0.3 is 74.1 Å². The normalized spacial score (nSPS) is 32.5. The van der Waals surface area contributed by atoms with E-state index in [0.29, 0.717) is 0 Å². The van der Waals surface area contributed by atoms with Crippen LogP contribution in [0, 0.1) is 0 Å². The van der Waals surface area contributed by atoms with E-state index >= 15 is 0 Å².